The maximum atomic E-state index is 12.4. The van der Waals surface area contributed by atoms with Gasteiger partial charge in [0.1, 0.15) is 12.1 Å². The van der Waals surface area contributed by atoms with E-state index in [9.17, 15) is 14.4 Å². The lowest BCUT2D eigenvalue weighted by Crippen LogP contribution is -2.48. The highest BCUT2D eigenvalue weighted by atomic mass is 35.5. The third-order valence-electron chi connectivity index (χ3n) is 6.57. The summed E-state index contributed by atoms with van der Waals surface area (Å²) in [5, 5.41) is 13.5. The average Bonchev–Trinajstić information content (AvgIpc) is 2.93. The number of likely N-dealkylation sites (N-methyl/N-ethyl adjacent to an activating group) is 1. The van der Waals surface area contributed by atoms with E-state index in [-0.39, 0.29) is 18.0 Å². The molecule has 0 saturated heterocycles. The lowest BCUT2D eigenvalue weighted by atomic mass is 10.1. The topological polar surface area (TPSA) is 129 Å². The van der Waals surface area contributed by atoms with Crippen molar-refractivity contribution in [3.8, 4) is 0 Å². The first-order valence-corrected chi connectivity index (χ1v) is 16.7. The Morgan fingerprint density at radius 2 is 1.13 bits per heavy atom. The van der Waals surface area contributed by atoms with Crippen LogP contribution >= 0.6 is 46.4 Å². The van der Waals surface area contributed by atoms with E-state index in [1.807, 2.05) is 27.9 Å². The SMILES string of the molecule is CCCCC(CN(C)C)NC(=O)[C@H](C)Nc1cc(Cl)cc(Cl)c1.CCCCC(N)C(=O)NC(=O)[C@H](C)Nc1cc(Cl)cc(Cl)c1. The van der Waals surface area contributed by atoms with Crippen LogP contribution in [0.3, 0.4) is 0 Å². The second kappa shape index (κ2) is 21.5. The van der Waals surface area contributed by atoms with E-state index >= 15 is 0 Å². The van der Waals surface area contributed by atoms with Gasteiger partial charge in [0.05, 0.1) is 6.04 Å². The average molecular weight is 707 g/mol. The highest BCUT2D eigenvalue weighted by Crippen LogP contribution is 2.24. The Hall–Kier alpha value is -2.27. The van der Waals surface area contributed by atoms with E-state index < -0.39 is 23.9 Å². The first-order chi connectivity index (χ1) is 21.1. The van der Waals surface area contributed by atoms with Crippen LogP contribution in [0.4, 0.5) is 11.4 Å². The lowest BCUT2D eigenvalue weighted by molar-refractivity contribution is -0.131. The van der Waals surface area contributed by atoms with Gasteiger partial charge in [0.2, 0.25) is 17.7 Å². The molecular formula is C32H48Cl4N6O3. The minimum atomic E-state index is -0.670. The zero-order valence-electron chi connectivity index (χ0n) is 27.0. The van der Waals surface area contributed by atoms with E-state index in [1.54, 1.807) is 43.3 Å². The highest BCUT2D eigenvalue weighted by Gasteiger charge is 2.20. The molecule has 0 radical (unpaired) electrons. The molecule has 9 nitrogen and oxygen atoms in total. The third-order valence-corrected chi connectivity index (χ3v) is 7.44. The number of nitrogens with two attached hydrogens (primary N) is 1. The van der Waals surface area contributed by atoms with E-state index in [2.05, 4.69) is 33.1 Å². The van der Waals surface area contributed by atoms with Crippen molar-refractivity contribution in [2.45, 2.75) is 90.4 Å². The Morgan fingerprint density at radius 3 is 1.56 bits per heavy atom. The quantitative estimate of drug-likeness (QED) is 0.127. The fourth-order valence-corrected chi connectivity index (χ4v) is 5.26. The van der Waals surface area contributed by atoms with Gasteiger partial charge in [-0.25, -0.2) is 0 Å². The molecule has 45 heavy (non-hydrogen) atoms. The number of rotatable bonds is 16. The van der Waals surface area contributed by atoms with Crippen molar-refractivity contribution in [3.05, 3.63) is 56.5 Å². The van der Waals surface area contributed by atoms with E-state index in [4.69, 9.17) is 52.1 Å². The maximum absolute atomic E-state index is 12.4. The fraction of sp³-hybridized carbons (Fsp3) is 0.531. The number of anilines is 2. The van der Waals surface area contributed by atoms with E-state index in [0.29, 0.717) is 32.2 Å². The first-order valence-electron chi connectivity index (χ1n) is 15.2. The molecule has 2 aromatic carbocycles. The molecule has 6 N–H and O–H groups in total. The fourth-order valence-electron chi connectivity index (χ4n) is 4.21. The number of nitrogens with one attached hydrogen (secondary N) is 4. The molecule has 2 unspecified atom stereocenters. The third kappa shape index (κ3) is 17.3. The zero-order valence-corrected chi connectivity index (χ0v) is 30.0. The molecular weight excluding hydrogens is 658 g/mol. The largest absolute Gasteiger partial charge is 0.374 e. The summed E-state index contributed by atoms with van der Waals surface area (Å²) in [6.45, 7) is 8.46. The number of hydrogen-bond acceptors (Lipinski definition) is 7. The number of halogens is 4. The number of nitrogens with zero attached hydrogens (tertiary/aromatic N) is 1. The molecule has 4 atom stereocenters. The summed E-state index contributed by atoms with van der Waals surface area (Å²) in [5.74, 6) is -0.937. The minimum Gasteiger partial charge on any atom is -0.374 e. The van der Waals surface area contributed by atoms with Crippen LogP contribution < -0.4 is 27.0 Å². The highest BCUT2D eigenvalue weighted by molar-refractivity contribution is 6.35. The predicted octanol–water partition coefficient (Wildman–Crippen LogP) is 6.98. The Morgan fingerprint density at radius 1 is 0.711 bits per heavy atom. The molecule has 3 amide bonds. The number of hydrogen-bond donors (Lipinski definition) is 5. The van der Waals surface area contributed by atoms with Crippen LogP contribution in [0.1, 0.15) is 66.2 Å². The van der Waals surface area contributed by atoms with Gasteiger partial charge in [-0.05, 0) is 77.2 Å². The predicted molar refractivity (Wildman–Crippen MR) is 190 cm³/mol. The van der Waals surface area contributed by atoms with Gasteiger partial charge in [0.15, 0.2) is 0 Å². The molecule has 0 bridgehead atoms. The van der Waals surface area contributed by atoms with Crippen LogP contribution in [0, 0.1) is 0 Å². The van der Waals surface area contributed by atoms with Crippen LogP contribution in [0.15, 0.2) is 36.4 Å². The van der Waals surface area contributed by atoms with Gasteiger partial charge in [-0.2, -0.15) is 0 Å². The van der Waals surface area contributed by atoms with E-state index in [0.717, 1.165) is 44.3 Å². The molecule has 0 aromatic heterocycles. The molecule has 13 heteroatoms. The summed E-state index contributed by atoms with van der Waals surface area (Å²) < 4.78 is 0. The monoisotopic (exact) mass is 704 g/mol. The second-order valence-corrected chi connectivity index (χ2v) is 13.0. The van der Waals surface area contributed by atoms with Crippen molar-refractivity contribution in [1.29, 1.82) is 0 Å². The summed E-state index contributed by atoms with van der Waals surface area (Å²) in [7, 11) is 4.03. The molecule has 0 aliphatic rings. The molecule has 0 spiro atoms. The zero-order chi connectivity index (χ0) is 34.1. The smallest absolute Gasteiger partial charge is 0.248 e. The number of carbonyl (C=O) groups is 3. The van der Waals surface area contributed by atoms with Crippen LogP contribution in [0.2, 0.25) is 20.1 Å². The van der Waals surface area contributed by atoms with Gasteiger partial charge < -0.3 is 26.6 Å². The Labute approximate surface area is 288 Å². The summed E-state index contributed by atoms with van der Waals surface area (Å²) in [5.41, 5.74) is 7.06. The summed E-state index contributed by atoms with van der Waals surface area (Å²) in [4.78, 5) is 38.3. The lowest BCUT2D eigenvalue weighted by Gasteiger charge is -2.24. The number of benzene rings is 2. The Bertz CT molecular complexity index is 1190. The van der Waals surface area contributed by atoms with Gasteiger partial charge in [0.25, 0.3) is 0 Å². The van der Waals surface area contributed by atoms with E-state index in [1.165, 1.54) is 0 Å². The van der Waals surface area contributed by atoms with Crippen LogP contribution in [-0.4, -0.2) is 67.4 Å². The van der Waals surface area contributed by atoms with Gasteiger partial charge in [-0.1, -0.05) is 85.9 Å². The molecule has 0 aliphatic heterocycles. The molecule has 0 saturated carbocycles. The van der Waals surface area contributed by atoms with Gasteiger partial charge in [-0.15, -0.1) is 0 Å². The molecule has 0 aliphatic carbocycles. The number of unbranched alkanes of at least 4 members (excludes halogenated alkanes) is 2. The molecule has 0 heterocycles. The van der Waals surface area contributed by atoms with Crippen molar-refractivity contribution < 1.29 is 14.4 Å². The van der Waals surface area contributed by atoms with Crippen molar-refractivity contribution in [1.82, 2.24) is 15.5 Å². The van der Waals surface area contributed by atoms with Gasteiger partial charge >= 0.3 is 0 Å². The van der Waals surface area contributed by atoms with Crippen LogP contribution in [-0.2, 0) is 14.4 Å². The van der Waals surface area contributed by atoms with Gasteiger partial charge in [-0.3, -0.25) is 19.7 Å². The summed E-state index contributed by atoms with van der Waals surface area (Å²) >= 11 is 23.7. The summed E-state index contributed by atoms with van der Waals surface area (Å²) in [6, 6.07) is 8.55. The Balaban J connectivity index is 0.000000450. The standard InChI is InChI=1S/C17H27Cl2N3O.C15H21Cl2N3O2/c1-5-6-7-15(11-22(3)4)21-17(23)12(2)20-16-9-13(18)8-14(19)10-16;1-3-4-5-13(18)15(22)20-14(21)9(2)19-12-7-10(16)6-11(17)8-12/h8-10,12,15,20H,5-7,11H2,1-4H3,(H,21,23);6-9,13,19H,3-5,18H2,1-2H3,(H,20,21,22)/t12-,15?;9-,13?/m00/s1. The van der Waals surface area contributed by atoms with Crippen LogP contribution in [0.5, 0.6) is 0 Å². The molecule has 2 rings (SSSR count). The van der Waals surface area contributed by atoms with Gasteiger partial charge in [0, 0.05) is 44.1 Å². The van der Waals surface area contributed by atoms with Crippen molar-refractivity contribution in [2.75, 3.05) is 31.3 Å². The van der Waals surface area contributed by atoms with Crippen molar-refractivity contribution in [3.63, 3.8) is 0 Å². The number of imide groups is 1. The molecule has 252 valence electrons. The normalized spacial score (nSPS) is 13.5. The summed E-state index contributed by atoms with van der Waals surface area (Å²) in [6.07, 6.45) is 5.55. The second-order valence-electron chi connectivity index (χ2n) is 11.3. The molecule has 2 aromatic rings. The Kier molecular flexibility index (Phi) is 19.5. The van der Waals surface area contributed by atoms with Crippen LogP contribution in [0.25, 0.3) is 0 Å². The molecule has 0 fully saturated rings. The van der Waals surface area contributed by atoms with Crippen molar-refractivity contribution in [2.24, 2.45) is 5.73 Å². The van der Waals surface area contributed by atoms with Crippen molar-refractivity contribution >= 4 is 75.5 Å². The minimum absolute atomic E-state index is 0.0240. The first kappa shape index (κ1) is 40.8. The number of amides is 3. The maximum Gasteiger partial charge on any atom is 0.248 e. The number of carbonyl (C=O) groups excluding carboxylic acids is 3.